The van der Waals surface area contributed by atoms with E-state index in [0.29, 0.717) is 11.7 Å². The number of non-ortho nitro benzene ring substituents is 1. The number of piperidine rings is 1. The minimum atomic E-state index is -0.482. The molecule has 1 aliphatic rings. The molecule has 1 heterocycles. The molecule has 0 aliphatic carbocycles. The van der Waals surface area contributed by atoms with E-state index in [9.17, 15) is 14.9 Å². The molecule has 0 unspecified atom stereocenters. The average Bonchev–Trinajstić information content (AvgIpc) is 2.58. The first-order valence-electron chi connectivity index (χ1n) is 7.89. The van der Waals surface area contributed by atoms with Crippen molar-refractivity contribution in [3.05, 3.63) is 34.4 Å². The van der Waals surface area contributed by atoms with Gasteiger partial charge in [0.1, 0.15) is 5.75 Å². The molecule has 134 valence electrons. The second-order valence-electron chi connectivity index (χ2n) is 5.76. The number of hydrogen-bond acceptors (Lipinski definition) is 5. The number of carbonyl (C=O) groups is 1. The Labute approximate surface area is 147 Å². The summed E-state index contributed by atoms with van der Waals surface area (Å²) in [6, 6.07) is 5.89. The van der Waals surface area contributed by atoms with Gasteiger partial charge in [0.15, 0.2) is 6.61 Å². The van der Waals surface area contributed by atoms with Crippen LogP contribution in [0.2, 0.25) is 0 Å². The van der Waals surface area contributed by atoms with Gasteiger partial charge in [-0.2, -0.15) is 0 Å². The van der Waals surface area contributed by atoms with Gasteiger partial charge >= 0.3 is 0 Å². The lowest BCUT2D eigenvalue weighted by Gasteiger charge is -2.32. The Morgan fingerprint density at radius 3 is 2.75 bits per heavy atom. The van der Waals surface area contributed by atoms with Gasteiger partial charge in [0.25, 0.3) is 11.6 Å². The monoisotopic (exact) mass is 357 g/mol. The normalized spacial score (nSPS) is 14.8. The molecule has 8 heteroatoms. The van der Waals surface area contributed by atoms with E-state index in [2.05, 4.69) is 5.32 Å². The predicted molar refractivity (Wildman–Crippen MR) is 93.7 cm³/mol. The minimum Gasteiger partial charge on any atom is -0.484 e. The van der Waals surface area contributed by atoms with Crippen molar-refractivity contribution >= 4 is 24.0 Å². The maximum absolute atomic E-state index is 12.2. The first kappa shape index (κ1) is 20.2. The van der Waals surface area contributed by atoms with Crippen LogP contribution >= 0.6 is 12.4 Å². The fourth-order valence-corrected chi connectivity index (χ4v) is 2.74. The van der Waals surface area contributed by atoms with E-state index >= 15 is 0 Å². The second kappa shape index (κ2) is 10.1. The molecule has 0 aromatic heterocycles. The van der Waals surface area contributed by atoms with Gasteiger partial charge in [-0.05, 0) is 44.8 Å². The highest BCUT2D eigenvalue weighted by Gasteiger charge is 2.22. The molecule has 0 radical (unpaired) electrons. The number of hydrogen-bond donors (Lipinski definition) is 1. The standard InChI is InChI=1S/C16H23N3O4.ClH/c1-17-8-5-13-6-9-18(10-7-13)16(20)12-23-15-4-2-3-14(11-15)19(21)22;/h2-4,11,13,17H,5-10,12H2,1H3;1H. The van der Waals surface area contributed by atoms with E-state index in [-0.39, 0.29) is 30.6 Å². The third-order valence-electron chi connectivity index (χ3n) is 4.16. The van der Waals surface area contributed by atoms with E-state index in [1.54, 1.807) is 12.1 Å². The number of benzene rings is 1. The van der Waals surface area contributed by atoms with Crippen LogP contribution in [0.5, 0.6) is 5.75 Å². The fourth-order valence-electron chi connectivity index (χ4n) is 2.74. The molecule has 1 N–H and O–H groups in total. The lowest BCUT2D eigenvalue weighted by Crippen LogP contribution is -2.41. The van der Waals surface area contributed by atoms with Crippen LogP contribution in [-0.4, -0.2) is 49.0 Å². The van der Waals surface area contributed by atoms with Crippen molar-refractivity contribution in [2.75, 3.05) is 33.3 Å². The Kier molecular flexibility index (Phi) is 8.49. The van der Waals surface area contributed by atoms with Crippen LogP contribution in [-0.2, 0) is 4.79 Å². The Balaban J connectivity index is 0.00000288. The first-order chi connectivity index (χ1) is 11.1. The van der Waals surface area contributed by atoms with Gasteiger partial charge < -0.3 is 15.0 Å². The highest BCUT2D eigenvalue weighted by atomic mass is 35.5. The van der Waals surface area contributed by atoms with Crippen LogP contribution in [0, 0.1) is 16.0 Å². The van der Waals surface area contributed by atoms with E-state index in [0.717, 1.165) is 38.9 Å². The molecule has 0 atom stereocenters. The van der Waals surface area contributed by atoms with E-state index in [1.807, 2.05) is 11.9 Å². The Hall–Kier alpha value is -1.86. The van der Waals surface area contributed by atoms with Crippen molar-refractivity contribution in [3.8, 4) is 5.75 Å². The Morgan fingerprint density at radius 1 is 1.42 bits per heavy atom. The average molecular weight is 358 g/mol. The zero-order chi connectivity index (χ0) is 16.7. The van der Waals surface area contributed by atoms with E-state index in [1.165, 1.54) is 12.1 Å². The summed E-state index contributed by atoms with van der Waals surface area (Å²) in [7, 11) is 1.95. The Morgan fingerprint density at radius 2 is 2.12 bits per heavy atom. The van der Waals surface area contributed by atoms with Crippen molar-refractivity contribution in [2.45, 2.75) is 19.3 Å². The molecule has 2 rings (SSSR count). The van der Waals surface area contributed by atoms with Crippen molar-refractivity contribution in [2.24, 2.45) is 5.92 Å². The van der Waals surface area contributed by atoms with Crippen LogP contribution in [0.25, 0.3) is 0 Å². The highest BCUT2D eigenvalue weighted by molar-refractivity contribution is 5.85. The zero-order valence-electron chi connectivity index (χ0n) is 13.8. The van der Waals surface area contributed by atoms with Crippen molar-refractivity contribution < 1.29 is 14.5 Å². The summed E-state index contributed by atoms with van der Waals surface area (Å²) in [6.07, 6.45) is 3.18. The quantitative estimate of drug-likeness (QED) is 0.597. The fraction of sp³-hybridized carbons (Fsp3) is 0.562. The number of likely N-dealkylation sites (tertiary alicyclic amines) is 1. The molecule has 0 bridgehead atoms. The summed E-state index contributed by atoms with van der Waals surface area (Å²) >= 11 is 0. The molecule has 0 saturated carbocycles. The third kappa shape index (κ3) is 5.98. The molecule has 1 aromatic rings. The lowest BCUT2D eigenvalue weighted by atomic mass is 9.93. The number of nitro groups is 1. The summed E-state index contributed by atoms with van der Waals surface area (Å²) in [5, 5.41) is 13.9. The minimum absolute atomic E-state index is 0. The number of halogens is 1. The molecule has 24 heavy (non-hydrogen) atoms. The number of rotatable bonds is 7. The van der Waals surface area contributed by atoms with E-state index < -0.39 is 4.92 Å². The molecule has 1 saturated heterocycles. The molecule has 1 amide bonds. The zero-order valence-corrected chi connectivity index (χ0v) is 14.6. The van der Waals surface area contributed by atoms with Gasteiger partial charge in [-0.1, -0.05) is 6.07 Å². The molecule has 0 spiro atoms. The summed E-state index contributed by atoms with van der Waals surface area (Å²) in [5.41, 5.74) is -0.0414. The molecule has 1 aliphatic heterocycles. The van der Waals surface area contributed by atoms with Crippen molar-refractivity contribution in [1.29, 1.82) is 0 Å². The largest absolute Gasteiger partial charge is 0.484 e. The number of nitrogens with zero attached hydrogens (tertiary/aromatic N) is 2. The van der Waals surface area contributed by atoms with Crippen LogP contribution in [0.4, 0.5) is 5.69 Å². The van der Waals surface area contributed by atoms with Gasteiger partial charge in [-0.3, -0.25) is 14.9 Å². The number of nitro benzene ring substituents is 1. The molecule has 1 fully saturated rings. The maximum atomic E-state index is 12.2. The van der Waals surface area contributed by atoms with E-state index in [4.69, 9.17) is 4.74 Å². The lowest BCUT2D eigenvalue weighted by molar-refractivity contribution is -0.384. The number of nitrogens with one attached hydrogen (secondary N) is 1. The predicted octanol–water partition coefficient (Wildman–Crippen LogP) is 2.24. The summed E-state index contributed by atoms with van der Waals surface area (Å²) in [6.45, 7) is 2.44. The summed E-state index contributed by atoms with van der Waals surface area (Å²) in [4.78, 5) is 24.2. The SMILES string of the molecule is CNCCC1CCN(C(=O)COc2cccc([N+](=O)[O-])c2)CC1.Cl. The van der Waals surface area contributed by atoms with Crippen LogP contribution in [0.15, 0.2) is 24.3 Å². The molecular formula is C16H24ClN3O4. The summed E-state index contributed by atoms with van der Waals surface area (Å²) in [5.74, 6) is 0.948. The summed E-state index contributed by atoms with van der Waals surface area (Å²) < 4.78 is 5.40. The smallest absolute Gasteiger partial charge is 0.273 e. The van der Waals surface area contributed by atoms with Crippen molar-refractivity contribution in [1.82, 2.24) is 10.2 Å². The molecule has 7 nitrogen and oxygen atoms in total. The third-order valence-corrected chi connectivity index (χ3v) is 4.16. The van der Waals surface area contributed by atoms with Crippen molar-refractivity contribution in [3.63, 3.8) is 0 Å². The molecule has 1 aromatic carbocycles. The topological polar surface area (TPSA) is 84.7 Å². The first-order valence-corrected chi connectivity index (χ1v) is 7.89. The second-order valence-corrected chi connectivity index (χ2v) is 5.76. The van der Waals surface area contributed by atoms with Crippen LogP contribution in [0.3, 0.4) is 0 Å². The maximum Gasteiger partial charge on any atom is 0.273 e. The van der Waals surface area contributed by atoms with Gasteiger partial charge in [0, 0.05) is 19.2 Å². The highest BCUT2D eigenvalue weighted by Crippen LogP contribution is 2.21. The number of carbonyl (C=O) groups excluding carboxylic acids is 1. The van der Waals surface area contributed by atoms with Crippen LogP contribution in [0.1, 0.15) is 19.3 Å². The van der Waals surface area contributed by atoms with Gasteiger partial charge in [-0.15, -0.1) is 12.4 Å². The number of amides is 1. The van der Waals surface area contributed by atoms with Gasteiger partial charge in [-0.25, -0.2) is 0 Å². The number of ether oxygens (including phenoxy) is 1. The van der Waals surface area contributed by atoms with Gasteiger partial charge in [0.2, 0.25) is 0 Å². The van der Waals surface area contributed by atoms with Crippen LogP contribution < -0.4 is 10.1 Å². The van der Waals surface area contributed by atoms with Gasteiger partial charge in [0.05, 0.1) is 11.0 Å². The Bertz CT molecular complexity index is 548. The molecular weight excluding hydrogens is 334 g/mol.